The molecule has 5 rings (SSSR count). The molecule has 0 radical (unpaired) electrons. The molecule has 1 amide bonds. The molecule has 2 aliphatic heterocycles. The Labute approximate surface area is 221 Å². The minimum absolute atomic E-state index is 0.0595. The molecular formula is C26H32Cl2FN5O2. The molecule has 1 N–H and O–H groups in total. The summed E-state index contributed by atoms with van der Waals surface area (Å²) in [5, 5.41) is 10.8. The van der Waals surface area contributed by atoms with Crippen LogP contribution in [0.5, 0.6) is 0 Å². The van der Waals surface area contributed by atoms with Crippen LogP contribution < -0.4 is 4.90 Å². The summed E-state index contributed by atoms with van der Waals surface area (Å²) in [7, 11) is 0. The Kier molecular flexibility index (Phi) is 7.67. The normalized spacial score (nSPS) is 24.1. The van der Waals surface area contributed by atoms with Gasteiger partial charge in [-0.3, -0.25) is 4.79 Å². The van der Waals surface area contributed by atoms with Crippen molar-refractivity contribution in [1.29, 1.82) is 0 Å². The van der Waals surface area contributed by atoms with E-state index >= 15 is 0 Å². The Balaban J connectivity index is 1.31. The minimum atomic E-state index is -1.04. The molecule has 1 aromatic heterocycles. The lowest BCUT2D eigenvalue weighted by atomic mass is 9.95. The van der Waals surface area contributed by atoms with Crippen molar-refractivity contribution in [3.8, 4) is 0 Å². The highest BCUT2D eigenvalue weighted by Gasteiger charge is 2.36. The first-order valence-corrected chi connectivity index (χ1v) is 13.5. The molecule has 0 unspecified atom stereocenters. The van der Waals surface area contributed by atoms with Crippen LogP contribution in [0.15, 0.2) is 24.5 Å². The van der Waals surface area contributed by atoms with Crippen molar-refractivity contribution in [3.05, 3.63) is 51.4 Å². The fourth-order valence-corrected chi connectivity index (χ4v) is 5.99. The SMILES string of the molecule is C[C@@H]1C[C@H](F)c2ncnc(N3CCN(C(=O)[C@H](CN4CCC(O)CC4)c4ccc(Cl)c(Cl)c4)CC3)c21. The lowest BCUT2D eigenvalue weighted by Crippen LogP contribution is -2.52. The number of aliphatic hydroxyl groups excluding tert-OH is 1. The quantitative estimate of drug-likeness (QED) is 0.618. The number of piperidine rings is 1. The number of anilines is 1. The summed E-state index contributed by atoms with van der Waals surface area (Å²) >= 11 is 12.5. The largest absolute Gasteiger partial charge is 0.393 e. The van der Waals surface area contributed by atoms with Crippen LogP contribution in [0.1, 0.15) is 61.0 Å². The molecule has 3 aliphatic rings. The summed E-state index contributed by atoms with van der Waals surface area (Å²) in [6, 6.07) is 5.41. The summed E-state index contributed by atoms with van der Waals surface area (Å²) in [6.07, 6.45) is 2.00. The second-order valence-electron chi connectivity index (χ2n) is 10.2. The highest BCUT2D eigenvalue weighted by molar-refractivity contribution is 6.42. The Morgan fingerprint density at radius 3 is 2.53 bits per heavy atom. The van der Waals surface area contributed by atoms with E-state index in [9.17, 15) is 14.3 Å². The molecule has 7 nitrogen and oxygen atoms in total. The summed E-state index contributed by atoms with van der Waals surface area (Å²) in [5.41, 5.74) is 2.27. The molecule has 1 aliphatic carbocycles. The number of carbonyl (C=O) groups is 1. The molecule has 194 valence electrons. The van der Waals surface area contributed by atoms with Crippen LogP contribution in [-0.4, -0.2) is 82.7 Å². The number of alkyl halides is 1. The zero-order chi connectivity index (χ0) is 25.4. The minimum Gasteiger partial charge on any atom is -0.393 e. The topological polar surface area (TPSA) is 72.8 Å². The molecule has 0 saturated carbocycles. The van der Waals surface area contributed by atoms with Gasteiger partial charge >= 0.3 is 0 Å². The van der Waals surface area contributed by atoms with Gasteiger partial charge in [0.1, 0.15) is 18.3 Å². The van der Waals surface area contributed by atoms with Gasteiger partial charge in [0, 0.05) is 51.4 Å². The van der Waals surface area contributed by atoms with Crippen LogP contribution in [0, 0.1) is 0 Å². The van der Waals surface area contributed by atoms with Gasteiger partial charge in [-0.05, 0) is 42.9 Å². The Bertz CT molecular complexity index is 1110. The molecule has 0 spiro atoms. The van der Waals surface area contributed by atoms with Gasteiger partial charge in [0.15, 0.2) is 0 Å². The van der Waals surface area contributed by atoms with E-state index in [1.54, 1.807) is 12.1 Å². The van der Waals surface area contributed by atoms with Crippen molar-refractivity contribution in [2.24, 2.45) is 0 Å². The van der Waals surface area contributed by atoms with Crippen LogP contribution in [-0.2, 0) is 4.79 Å². The number of likely N-dealkylation sites (tertiary alicyclic amines) is 1. The van der Waals surface area contributed by atoms with Gasteiger partial charge in [0.05, 0.1) is 27.8 Å². The maximum absolute atomic E-state index is 14.4. The average Bonchev–Trinajstić information content (AvgIpc) is 3.18. The monoisotopic (exact) mass is 535 g/mol. The predicted octanol–water partition coefficient (Wildman–Crippen LogP) is 4.19. The molecule has 2 fully saturated rings. The Morgan fingerprint density at radius 1 is 1.11 bits per heavy atom. The number of halogens is 3. The second-order valence-corrected chi connectivity index (χ2v) is 11.0. The first kappa shape index (κ1) is 25.6. The zero-order valence-corrected chi connectivity index (χ0v) is 21.9. The molecule has 1 aromatic carbocycles. The van der Waals surface area contributed by atoms with Crippen molar-refractivity contribution in [1.82, 2.24) is 19.8 Å². The number of rotatable bonds is 5. The van der Waals surface area contributed by atoms with E-state index in [1.807, 2.05) is 17.9 Å². The van der Waals surface area contributed by atoms with Crippen molar-refractivity contribution in [3.63, 3.8) is 0 Å². The maximum Gasteiger partial charge on any atom is 0.231 e. The molecule has 3 heterocycles. The van der Waals surface area contributed by atoms with Crippen molar-refractivity contribution in [2.45, 2.75) is 50.3 Å². The highest BCUT2D eigenvalue weighted by Crippen LogP contribution is 2.44. The smallest absolute Gasteiger partial charge is 0.231 e. The Hall–Kier alpha value is -2.00. The molecule has 2 saturated heterocycles. The van der Waals surface area contributed by atoms with Gasteiger partial charge in [-0.1, -0.05) is 36.2 Å². The molecule has 3 atom stereocenters. The second kappa shape index (κ2) is 10.8. The standard InChI is InChI=1S/C26H32Cl2FN5O2/c1-16-12-22(29)24-23(16)25(31-15-30-24)33-8-10-34(11-9-33)26(36)19(14-32-6-4-18(35)5-7-32)17-2-3-20(27)21(28)13-17/h2-3,13,15-16,18-19,22,35H,4-12,14H2,1H3/t16-,19-,22+/m1/s1. The number of fused-ring (bicyclic) bond motifs is 1. The predicted molar refractivity (Wildman–Crippen MR) is 139 cm³/mol. The number of aliphatic hydroxyl groups is 1. The lowest BCUT2D eigenvalue weighted by Gasteiger charge is -2.39. The van der Waals surface area contributed by atoms with Crippen LogP contribution in [0.3, 0.4) is 0 Å². The van der Waals surface area contributed by atoms with Crippen molar-refractivity contribution in [2.75, 3.05) is 50.7 Å². The van der Waals surface area contributed by atoms with E-state index < -0.39 is 6.17 Å². The van der Waals surface area contributed by atoms with E-state index in [1.165, 1.54) is 6.33 Å². The van der Waals surface area contributed by atoms with Crippen molar-refractivity contribution < 1.29 is 14.3 Å². The average molecular weight is 536 g/mol. The van der Waals surface area contributed by atoms with Gasteiger partial charge in [-0.25, -0.2) is 14.4 Å². The number of carbonyl (C=O) groups excluding carboxylic acids is 1. The van der Waals surface area contributed by atoms with Crippen molar-refractivity contribution >= 4 is 34.9 Å². The van der Waals surface area contributed by atoms with Crippen LogP contribution >= 0.6 is 23.2 Å². The third-order valence-corrected chi connectivity index (χ3v) is 8.52. The molecular weight excluding hydrogens is 504 g/mol. The van der Waals surface area contributed by atoms with Crippen LogP contribution in [0.25, 0.3) is 0 Å². The van der Waals surface area contributed by atoms with E-state index in [-0.39, 0.29) is 23.8 Å². The van der Waals surface area contributed by atoms with Gasteiger partial charge < -0.3 is 19.8 Å². The van der Waals surface area contributed by atoms with E-state index in [2.05, 4.69) is 19.8 Å². The highest BCUT2D eigenvalue weighted by atomic mass is 35.5. The summed E-state index contributed by atoms with van der Waals surface area (Å²) in [6.45, 7) is 6.47. The maximum atomic E-state index is 14.4. The first-order chi connectivity index (χ1) is 17.3. The summed E-state index contributed by atoms with van der Waals surface area (Å²) in [4.78, 5) is 28.8. The number of benzene rings is 1. The zero-order valence-electron chi connectivity index (χ0n) is 20.4. The van der Waals surface area contributed by atoms with Crippen LogP contribution in [0.2, 0.25) is 10.0 Å². The van der Waals surface area contributed by atoms with E-state index in [4.69, 9.17) is 23.2 Å². The fraction of sp³-hybridized carbons (Fsp3) is 0.577. The Morgan fingerprint density at radius 2 is 1.83 bits per heavy atom. The number of amides is 1. The summed E-state index contributed by atoms with van der Waals surface area (Å²) < 4.78 is 14.4. The van der Waals surface area contributed by atoms with Gasteiger partial charge in [0.25, 0.3) is 0 Å². The third-order valence-electron chi connectivity index (χ3n) is 7.78. The van der Waals surface area contributed by atoms with E-state index in [0.29, 0.717) is 67.7 Å². The van der Waals surface area contributed by atoms with Gasteiger partial charge in [-0.2, -0.15) is 0 Å². The lowest BCUT2D eigenvalue weighted by molar-refractivity contribution is -0.133. The third kappa shape index (κ3) is 5.19. The summed E-state index contributed by atoms with van der Waals surface area (Å²) in [5.74, 6) is 0.557. The number of hydrogen-bond acceptors (Lipinski definition) is 6. The van der Waals surface area contributed by atoms with E-state index in [0.717, 1.165) is 30.0 Å². The van der Waals surface area contributed by atoms with Gasteiger partial charge in [-0.15, -0.1) is 0 Å². The number of aromatic nitrogens is 2. The van der Waals surface area contributed by atoms with Gasteiger partial charge in [0.2, 0.25) is 5.91 Å². The number of nitrogens with zero attached hydrogens (tertiary/aromatic N) is 5. The number of hydrogen-bond donors (Lipinski definition) is 1. The molecule has 0 bridgehead atoms. The molecule has 36 heavy (non-hydrogen) atoms. The fourth-order valence-electron chi connectivity index (χ4n) is 5.69. The molecule has 10 heteroatoms. The number of piperazine rings is 1. The first-order valence-electron chi connectivity index (χ1n) is 12.7. The van der Waals surface area contributed by atoms with Crippen LogP contribution in [0.4, 0.5) is 10.2 Å². The molecule has 2 aromatic rings.